The number of hydrogen-bond acceptors (Lipinski definition) is 6. The molecule has 0 aliphatic heterocycles. The summed E-state index contributed by atoms with van der Waals surface area (Å²) in [5.41, 5.74) is 0. The Bertz CT molecular complexity index is 1350. The molecule has 0 rings (SSSR count). The molecule has 0 saturated carbocycles. The van der Waals surface area contributed by atoms with E-state index < -0.39 is 6.10 Å². The molecule has 1 atom stereocenters. The highest BCUT2D eigenvalue weighted by molar-refractivity contribution is 5.71. The maximum absolute atomic E-state index is 12.8. The highest BCUT2D eigenvalue weighted by Gasteiger charge is 2.19. The van der Waals surface area contributed by atoms with Crippen molar-refractivity contribution in [3.05, 3.63) is 122 Å². The van der Waals surface area contributed by atoms with Crippen LogP contribution in [-0.4, -0.2) is 37.2 Å². The van der Waals surface area contributed by atoms with Crippen molar-refractivity contribution in [1.82, 2.24) is 0 Å². The Morgan fingerprint density at radius 3 is 1.15 bits per heavy atom. The predicted molar refractivity (Wildman–Crippen MR) is 265 cm³/mol. The van der Waals surface area contributed by atoms with E-state index in [0.717, 1.165) is 96.3 Å². The number of hydrogen-bond donors (Lipinski definition) is 0. The fraction of sp³-hybridized carbons (Fsp3) is 0.589. The molecule has 0 fully saturated rings. The van der Waals surface area contributed by atoms with Crippen LogP contribution in [0, 0.1) is 0 Å². The quantitative estimate of drug-likeness (QED) is 0.0263. The van der Waals surface area contributed by atoms with Crippen LogP contribution in [0.1, 0.15) is 194 Å². The standard InChI is InChI=1S/C56H88O6/c1-4-7-10-13-16-19-22-25-27-28-29-32-34-37-40-43-46-49-55(58)61-52-53(51-60-54(57)48-45-42-39-36-33-30-24-21-18-15-12-9-6-3)62-56(59)50-47-44-41-38-35-31-26-23-20-17-14-11-8-5-2/h7,9-10,12,16,18-19,21,23,25-27,29-30,32-33,37,39-40,42,53H,4-6,8,11,13-15,17,20,22,24,28,31,34-36,38,41,43-52H2,1-3H3/b10-7-,12-9-,19-16-,21-18-,26-23-,27-25-,32-29-,33-30-,40-37-,42-39-. The van der Waals surface area contributed by atoms with Crippen molar-refractivity contribution in [3.63, 3.8) is 0 Å². The number of rotatable bonds is 42. The summed E-state index contributed by atoms with van der Waals surface area (Å²) < 4.78 is 16.6. The number of ether oxygens (including phenoxy) is 3. The zero-order valence-electron chi connectivity index (χ0n) is 39.6. The summed E-state index contributed by atoms with van der Waals surface area (Å²) in [7, 11) is 0. The molecule has 0 aliphatic rings. The SMILES string of the molecule is CC/C=C\C/C=C\C/C=C\C/C=C\C/C=C\CCCC(=O)OCC(COC(=O)CC/C=C\C/C=C\C/C=C\C/C=C\CC)OC(=O)CCCCCCC/C=C\CCCCCCC. The molecule has 0 spiro atoms. The maximum Gasteiger partial charge on any atom is 0.306 e. The third-order valence-corrected chi connectivity index (χ3v) is 9.69. The van der Waals surface area contributed by atoms with Gasteiger partial charge in [0.15, 0.2) is 6.10 Å². The first-order valence-electron chi connectivity index (χ1n) is 24.5. The van der Waals surface area contributed by atoms with Gasteiger partial charge in [0.25, 0.3) is 0 Å². The van der Waals surface area contributed by atoms with E-state index >= 15 is 0 Å². The lowest BCUT2D eigenvalue weighted by Gasteiger charge is -2.18. The van der Waals surface area contributed by atoms with Crippen LogP contribution in [-0.2, 0) is 28.6 Å². The van der Waals surface area contributed by atoms with Crippen LogP contribution in [0.15, 0.2) is 122 Å². The third kappa shape index (κ3) is 46.9. The monoisotopic (exact) mass is 857 g/mol. The summed E-state index contributed by atoms with van der Waals surface area (Å²) in [6, 6.07) is 0. The first kappa shape index (κ1) is 57.8. The molecular weight excluding hydrogens is 769 g/mol. The molecule has 0 heterocycles. The van der Waals surface area contributed by atoms with E-state index in [4.69, 9.17) is 14.2 Å². The van der Waals surface area contributed by atoms with Crippen LogP contribution in [0.25, 0.3) is 0 Å². The first-order valence-corrected chi connectivity index (χ1v) is 24.5. The van der Waals surface area contributed by atoms with Crippen LogP contribution in [0.3, 0.4) is 0 Å². The molecule has 0 aromatic rings. The van der Waals surface area contributed by atoms with E-state index in [-0.39, 0.29) is 50.4 Å². The number of esters is 3. The van der Waals surface area contributed by atoms with Crippen molar-refractivity contribution in [2.75, 3.05) is 13.2 Å². The van der Waals surface area contributed by atoms with Gasteiger partial charge >= 0.3 is 17.9 Å². The lowest BCUT2D eigenvalue weighted by Crippen LogP contribution is -2.30. The van der Waals surface area contributed by atoms with Gasteiger partial charge in [-0.1, -0.05) is 187 Å². The molecule has 0 amide bonds. The minimum absolute atomic E-state index is 0.136. The van der Waals surface area contributed by atoms with Crippen molar-refractivity contribution < 1.29 is 28.6 Å². The molecular formula is C56H88O6. The molecule has 0 N–H and O–H groups in total. The number of carbonyl (C=O) groups is 3. The molecule has 0 aromatic heterocycles. The summed E-state index contributed by atoms with van der Waals surface area (Å²) in [4.78, 5) is 37.8. The van der Waals surface area contributed by atoms with Gasteiger partial charge in [-0.3, -0.25) is 14.4 Å². The maximum atomic E-state index is 12.8. The minimum atomic E-state index is -0.836. The van der Waals surface area contributed by atoms with E-state index in [9.17, 15) is 14.4 Å². The van der Waals surface area contributed by atoms with Crippen molar-refractivity contribution >= 4 is 17.9 Å². The summed E-state index contributed by atoms with van der Waals surface area (Å²) in [6.45, 7) is 6.25. The fourth-order valence-electron chi connectivity index (χ4n) is 6.07. The van der Waals surface area contributed by atoms with E-state index in [0.29, 0.717) is 12.8 Å². The van der Waals surface area contributed by atoms with Gasteiger partial charge in [0.1, 0.15) is 13.2 Å². The van der Waals surface area contributed by atoms with Gasteiger partial charge in [0.05, 0.1) is 0 Å². The van der Waals surface area contributed by atoms with Crippen LogP contribution in [0.5, 0.6) is 0 Å². The molecule has 62 heavy (non-hydrogen) atoms. The molecule has 0 aliphatic carbocycles. The molecule has 6 heteroatoms. The summed E-state index contributed by atoms with van der Waals surface area (Å²) in [5, 5.41) is 0. The van der Waals surface area contributed by atoms with Crippen LogP contribution < -0.4 is 0 Å². The lowest BCUT2D eigenvalue weighted by molar-refractivity contribution is -0.166. The summed E-state index contributed by atoms with van der Waals surface area (Å²) in [6.07, 6.45) is 67.7. The van der Waals surface area contributed by atoms with Gasteiger partial charge in [0.2, 0.25) is 0 Å². The summed E-state index contributed by atoms with van der Waals surface area (Å²) in [5.74, 6) is -1.09. The number of carbonyl (C=O) groups excluding carboxylic acids is 3. The van der Waals surface area contributed by atoms with Crippen LogP contribution in [0.2, 0.25) is 0 Å². The Labute approximate surface area is 380 Å². The van der Waals surface area contributed by atoms with E-state index in [1.165, 1.54) is 44.9 Å². The Morgan fingerprint density at radius 1 is 0.339 bits per heavy atom. The molecule has 1 unspecified atom stereocenters. The molecule has 0 saturated heterocycles. The van der Waals surface area contributed by atoms with Crippen molar-refractivity contribution in [1.29, 1.82) is 0 Å². The van der Waals surface area contributed by atoms with Crippen molar-refractivity contribution in [2.45, 2.75) is 200 Å². The first-order chi connectivity index (χ1) is 30.5. The zero-order chi connectivity index (χ0) is 45.1. The fourth-order valence-corrected chi connectivity index (χ4v) is 6.07. The predicted octanol–water partition coefficient (Wildman–Crippen LogP) is 16.1. The van der Waals surface area contributed by atoms with Crippen LogP contribution in [0.4, 0.5) is 0 Å². The highest BCUT2D eigenvalue weighted by atomic mass is 16.6. The Hall–Kier alpha value is -4.19. The largest absolute Gasteiger partial charge is 0.462 e. The van der Waals surface area contributed by atoms with Crippen molar-refractivity contribution in [3.8, 4) is 0 Å². The van der Waals surface area contributed by atoms with Crippen LogP contribution >= 0.6 is 0 Å². The minimum Gasteiger partial charge on any atom is -0.462 e. The average molecular weight is 857 g/mol. The number of unbranched alkanes of at least 4 members (excludes halogenated alkanes) is 11. The van der Waals surface area contributed by atoms with E-state index in [2.05, 4.69) is 130 Å². The summed E-state index contributed by atoms with van der Waals surface area (Å²) >= 11 is 0. The van der Waals surface area contributed by atoms with E-state index in [1.807, 2.05) is 12.2 Å². The van der Waals surface area contributed by atoms with Gasteiger partial charge in [-0.25, -0.2) is 0 Å². The average Bonchev–Trinajstić information content (AvgIpc) is 3.27. The molecule has 0 bridgehead atoms. The molecule has 0 radical (unpaired) electrons. The Morgan fingerprint density at radius 2 is 0.677 bits per heavy atom. The van der Waals surface area contributed by atoms with Gasteiger partial charge in [-0.2, -0.15) is 0 Å². The van der Waals surface area contributed by atoms with Gasteiger partial charge in [0, 0.05) is 19.3 Å². The Balaban J connectivity index is 4.60. The molecule has 0 aromatic carbocycles. The number of allylic oxidation sites excluding steroid dienone is 20. The van der Waals surface area contributed by atoms with Gasteiger partial charge in [-0.15, -0.1) is 0 Å². The van der Waals surface area contributed by atoms with Gasteiger partial charge < -0.3 is 14.2 Å². The third-order valence-electron chi connectivity index (χ3n) is 9.69. The topological polar surface area (TPSA) is 78.9 Å². The van der Waals surface area contributed by atoms with E-state index in [1.54, 1.807) is 0 Å². The normalized spacial score (nSPS) is 13.1. The smallest absolute Gasteiger partial charge is 0.306 e. The second kappa shape index (κ2) is 49.5. The Kier molecular flexibility index (Phi) is 46.1. The second-order valence-electron chi connectivity index (χ2n) is 15.6. The van der Waals surface area contributed by atoms with Crippen molar-refractivity contribution in [2.24, 2.45) is 0 Å². The second-order valence-corrected chi connectivity index (χ2v) is 15.6. The highest BCUT2D eigenvalue weighted by Crippen LogP contribution is 2.12. The lowest BCUT2D eigenvalue weighted by atomic mass is 10.1. The van der Waals surface area contributed by atoms with Gasteiger partial charge in [-0.05, 0) is 109 Å². The zero-order valence-corrected chi connectivity index (χ0v) is 39.6. The molecule has 348 valence electrons. The molecule has 6 nitrogen and oxygen atoms in total.